The predicted octanol–water partition coefficient (Wildman–Crippen LogP) is 5.50. The number of hydrogen-bond donors (Lipinski definition) is 1. The molecular formula is C32H36N6O. The number of hydrogen-bond acceptors (Lipinski definition) is 6. The lowest BCUT2D eigenvalue weighted by Crippen LogP contribution is -2.37. The zero-order valence-corrected chi connectivity index (χ0v) is 23.6. The van der Waals surface area contributed by atoms with Crippen molar-refractivity contribution in [3.8, 4) is 17.2 Å². The molecule has 39 heavy (non-hydrogen) atoms. The van der Waals surface area contributed by atoms with Gasteiger partial charge in [-0.1, -0.05) is 23.8 Å². The Morgan fingerprint density at radius 2 is 1.90 bits per heavy atom. The minimum Gasteiger partial charge on any atom is -0.384 e. The van der Waals surface area contributed by atoms with Gasteiger partial charge in [0.05, 0.1) is 0 Å². The maximum Gasteiger partial charge on any atom is 0.253 e. The van der Waals surface area contributed by atoms with Crippen LogP contribution in [0.15, 0.2) is 54.2 Å². The number of nitrogen functional groups attached to an aromatic ring is 1. The topological polar surface area (TPSA) is 99.1 Å². The number of aryl methyl sites for hydroxylation is 2. The molecule has 0 bridgehead atoms. The van der Waals surface area contributed by atoms with E-state index in [2.05, 4.69) is 59.9 Å². The molecule has 1 aliphatic rings. The number of nitrogens with zero attached hydrogens (tertiary/aromatic N) is 5. The number of anilines is 1. The fraction of sp³-hybridized carbons (Fsp3) is 0.312. The molecule has 1 aliphatic heterocycles. The monoisotopic (exact) mass is 520 g/mol. The number of nitriles is 1. The normalized spacial score (nSPS) is 14.9. The SMILES string of the molecule is C/C(=C\c1c(-c2ccc(N)nc2C#N)ccnc1C)C(C)N1CC=C(c2ccc(C(=O)N(C)C)cc2C)CC1. The first-order chi connectivity index (χ1) is 18.6. The maximum absolute atomic E-state index is 12.3. The second-order valence-electron chi connectivity index (χ2n) is 10.4. The zero-order valence-electron chi connectivity index (χ0n) is 23.6. The van der Waals surface area contributed by atoms with Crippen molar-refractivity contribution in [2.75, 3.05) is 32.9 Å². The van der Waals surface area contributed by atoms with E-state index in [4.69, 9.17) is 5.73 Å². The Hall–Kier alpha value is -4.28. The molecular weight excluding hydrogens is 484 g/mol. The van der Waals surface area contributed by atoms with Gasteiger partial charge in [-0.05, 0) is 86.7 Å². The van der Waals surface area contributed by atoms with Crippen molar-refractivity contribution in [2.24, 2.45) is 0 Å². The Balaban J connectivity index is 1.56. The summed E-state index contributed by atoms with van der Waals surface area (Å²) in [5.41, 5.74) is 15.3. The summed E-state index contributed by atoms with van der Waals surface area (Å²) in [4.78, 5) is 25.2. The van der Waals surface area contributed by atoms with Crippen LogP contribution in [0.3, 0.4) is 0 Å². The number of rotatable bonds is 6. The Morgan fingerprint density at radius 3 is 2.54 bits per heavy atom. The van der Waals surface area contributed by atoms with Crippen LogP contribution in [0, 0.1) is 25.2 Å². The van der Waals surface area contributed by atoms with Crippen molar-refractivity contribution >= 4 is 23.4 Å². The van der Waals surface area contributed by atoms with Gasteiger partial charge >= 0.3 is 0 Å². The van der Waals surface area contributed by atoms with Crippen molar-refractivity contribution in [1.29, 1.82) is 5.26 Å². The summed E-state index contributed by atoms with van der Waals surface area (Å²) in [5, 5.41) is 9.66. The molecule has 7 nitrogen and oxygen atoms in total. The van der Waals surface area contributed by atoms with Crippen LogP contribution in [0.2, 0.25) is 0 Å². The number of aromatic nitrogens is 2. The van der Waals surface area contributed by atoms with Gasteiger partial charge in [-0.15, -0.1) is 0 Å². The zero-order chi connectivity index (χ0) is 28.3. The number of benzene rings is 1. The first-order valence-electron chi connectivity index (χ1n) is 13.2. The van der Waals surface area contributed by atoms with Crippen LogP contribution in [0.1, 0.15) is 58.7 Å². The predicted molar refractivity (Wildman–Crippen MR) is 158 cm³/mol. The van der Waals surface area contributed by atoms with Crippen molar-refractivity contribution in [2.45, 2.75) is 40.2 Å². The highest BCUT2D eigenvalue weighted by atomic mass is 16.2. The molecule has 1 atom stereocenters. The standard InChI is InChI=1S/C32H36N6O/c1-20(18-29-22(3)35-14-11-27(29)28-9-10-31(34)36-30(28)19-33)23(4)38-15-12-24(13-16-38)26-8-7-25(17-21(26)2)32(39)37(5)6/h7-12,14,17-18,23H,13,15-16H2,1-6H3,(H2,34,36)/b20-18+. The highest BCUT2D eigenvalue weighted by molar-refractivity contribution is 5.94. The molecule has 3 aromatic rings. The molecule has 1 aromatic carbocycles. The average Bonchev–Trinajstić information content (AvgIpc) is 2.93. The number of carbonyl (C=O) groups is 1. The van der Waals surface area contributed by atoms with E-state index >= 15 is 0 Å². The molecule has 7 heteroatoms. The number of amides is 1. The van der Waals surface area contributed by atoms with E-state index in [0.717, 1.165) is 53.0 Å². The molecule has 0 saturated carbocycles. The lowest BCUT2D eigenvalue weighted by Gasteiger charge is -2.33. The largest absolute Gasteiger partial charge is 0.384 e. The summed E-state index contributed by atoms with van der Waals surface area (Å²) in [6, 6.07) is 13.9. The molecule has 2 aromatic heterocycles. The first-order valence-corrected chi connectivity index (χ1v) is 13.2. The number of nitrogens with two attached hydrogens (primary N) is 1. The van der Waals surface area contributed by atoms with E-state index in [1.165, 1.54) is 16.7 Å². The average molecular weight is 521 g/mol. The summed E-state index contributed by atoms with van der Waals surface area (Å²) in [6.07, 6.45) is 7.20. The van der Waals surface area contributed by atoms with Gasteiger partial charge in [-0.3, -0.25) is 14.7 Å². The summed E-state index contributed by atoms with van der Waals surface area (Å²) in [7, 11) is 3.55. The Labute approximate surface area is 231 Å². The van der Waals surface area contributed by atoms with Crippen LogP contribution in [-0.4, -0.2) is 58.9 Å². The van der Waals surface area contributed by atoms with Crippen LogP contribution in [0.25, 0.3) is 22.8 Å². The quantitative estimate of drug-likeness (QED) is 0.461. The van der Waals surface area contributed by atoms with Gasteiger partial charge in [-0.25, -0.2) is 4.98 Å². The van der Waals surface area contributed by atoms with Crippen molar-refractivity contribution in [3.05, 3.63) is 87.9 Å². The summed E-state index contributed by atoms with van der Waals surface area (Å²) < 4.78 is 0. The van der Waals surface area contributed by atoms with Gasteiger partial charge < -0.3 is 10.6 Å². The van der Waals surface area contributed by atoms with Crippen LogP contribution in [0.4, 0.5) is 5.82 Å². The number of pyridine rings is 2. The van der Waals surface area contributed by atoms with Gasteiger partial charge in [0.15, 0.2) is 5.69 Å². The van der Waals surface area contributed by atoms with Gasteiger partial charge in [0.1, 0.15) is 11.9 Å². The van der Waals surface area contributed by atoms with Gasteiger partial charge in [0, 0.05) is 61.8 Å². The van der Waals surface area contributed by atoms with Crippen LogP contribution < -0.4 is 5.73 Å². The van der Waals surface area contributed by atoms with E-state index in [9.17, 15) is 10.1 Å². The molecule has 2 N–H and O–H groups in total. The van der Waals surface area contributed by atoms with Gasteiger partial charge in [0.25, 0.3) is 5.91 Å². The first kappa shape index (κ1) is 27.7. The van der Waals surface area contributed by atoms with E-state index < -0.39 is 0 Å². The molecule has 1 amide bonds. The highest BCUT2D eigenvalue weighted by Gasteiger charge is 2.21. The van der Waals surface area contributed by atoms with E-state index in [0.29, 0.717) is 11.5 Å². The Kier molecular flexibility index (Phi) is 8.27. The molecule has 1 unspecified atom stereocenters. The fourth-order valence-corrected chi connectivity index (χ4v) is 5.10. The fourth-order valence-electron chi connectivity index (χ4n) is 5.10. The van der Waals surface area contributed by atoms with Crippen molar-refractivity contribution in [3.63, 3.8) is 0 Å². The smallest absolute Gasteiger partial charge is 0.253 e. The maximum atomic E-state index is 12.3. The lowest BCUT2D eigenvalue weighted by atomic mass is 9.92. The third kappa shape index (κ3) is 5.92. The minimum atomic E-state index is 0.0213. The van der Waals surface area contributed by atoms with E-state index in [1.807, 2.05) is 31.2 Å². The van der Waals surface area contributed by atoms with Gasteiger partial charge in [0.2, 0.25) is 0 Å². The molecule has 4 rings (SSSR count). The lowest BCUT2D eigenvalue weighted by molar-refractivity contribution is 0.0827. The molecule has 0 aliphatic carbocycles. The molecule has 0 saturated heterocycles. The molecule has 3 heterocycles. The third-order valence-corrected chi connectivity index (χ3v) is 7.55. The summed E-state index contributed by atoms with van der Waals surface area (Å²) in [5.74, 6) is 0.349. The van der Waals surface area contributed by atoms with Crippen LogP contribution in [0.5, 0.6) is 0 Å². The van der Waals surface area contributed by atoms with Crippen LogP contribution in [-0.2, 0) is 0 Å². The summed E-state index contributed by atoms with van der Waals surface area (Å²) >= 11 is 0. The van der Waals surface area contributed by atoms with E-state index in [-0.39, 0.29) is 11.9 Å². The second-order valence-corrected chi connectivity index (χ2v) is 10.4. The summed E-state index contributed by atoms with van der Waals surface area (Å²) in [6.45, 7) is 10.2. The van der Waals surface area contributed by atoms with Crippen molar-refractivity contribution in [1.82, 2.24) is 19.8 Å². The Morgan fingerprint density at radius 1 is 1.15 bits per heavy atom. The minimum absolute atomic E-state index is 0.0213. The highest BCUT2D eigenvalue weighted by Crippen LogP contribution is 2.32. The second kappa shape index (κ2) is 11.6. The third-order valence-electron chi connectivity index (χ3n) is 7.55. The van der Waals surface area contributed by atoms with Crippen molar-refractivity contribution < 1.29 is 4.79 Å². The van der Waals surface area contributed by atoms with Gasteiger partial charge in [-0.2, -0.15) is 5.26 Å². The molecule has 0 fully saturated rings. The molecule has 0 radical (unpaired) electrons. The number of carbonyl (C=O) groups excluding carboxylic acids is 1. The molecule has 0 spiro atoms. The molecule has 200 valence electrons. The van der Waals surface area contributed by atoms with E-state index in [1.54, 1.807) is 31.3 Å². The van der Waals surface area contributed by atoms with Crippen LogP contribution >= 0.6 is 0 Å². The Bertz CT molecular complexity index is 1510.